The molecule has 4 N–H and O–H groups in total. The van der Waals surface area contributed by atoms with Crippen LogP contribution in [0.25, 0.3) is 0 Å². The van der Waals surface area contributed by atoms with E-state index in [9.17, 15) is 14.4 Å². The fourth-order valence-corrected chi connectivity index (χ4v) is 1.97. The number of hydrogen-bond donors (Lipinski definition) is 3. The summed E-state index contributed by atoms with van der Waals surface area (Å²) < 4.78 is 4.92. The van der Waals surface area contributed by atoms with Gasteiger partial charge in [-0.15, -0.1) is 0 Å². The lowest BCUT2D eigenvalue weighted by Crippen LogP contribution is -2.49. The molecule has 0 bridgehead atoms. The first-order valence-electron chi connectivity index (χ1n) is 7.88. The lowest BCUT2D eigenvalue weighted by Gasteiger charge is -2.16. The van der Waals surface area contributed by atoms with Crippen LogP contribution in [-0.4, -0.2) is 41.6 Å². The van der Waals surface area contributed by atoms with Gasteiger partial charge in [0.05, 0.1) is 6.04 Å². The first-order chi connectivity index (χ1) is 11.4. The van der Waals surface area contributed by atoms with Crippen LogP contribution in [0.15, 0.2) is 30.3 Å². The molecule has 2 atom stereocenters. The molecule has 0 radical (unpaired) electrons. The van der Waals surface area contributed by atoms with Crippen LogP contribution >= 0.6 is 0 Å². The molecule has 1 amide bonds. The summed E-state index contributed by atoms with van der Waals surface area (Å²) in [5, 5.41) is 11.2. The normalized spacial score (nSPS) is 12.9. The molecule has 0 aliphatic heterocycles. The van der Waals surface area contributed by atoms with Gasteiger partial charge < -0.3 is 20.9 Å². The molecule has 0 aliphatic rings. The van der Waals surface area contributed by atoms with Gasteiger partial charge in [-0.05, 0) is 31.7 Å². The number of benzene rings is 1. The fourth-order valence-electron chi connectivity index (χ4n) is 1.97. The SMILES string of the molecule is C[C@H](N)C(=O)N[C@@H](COC(=O)CCCCc1ccccc1)C(=O)O. The number of ether oxygens (including phenoxy) is 1. The molecule has 1 aromatic carbocycles. The summed E-state index contributed by atoms with van der Waals surface area (Å²) in [4.78, 5) is 34.1. The predicted octanol–water partition coefficient (Wildman–Crippen LogP) is 0.859. The highest BCUT2D eigenvalue weighted by Gasteiger charge is 2.23. The average Bonchev–Trinajstić information content (AvgIpc) is 2.55. The maximum atomic E-state index is 11.6. The largest absolute Gasteiger partial charge is 0.480 e. The number of aliphatic carboxylic acids is 1. The van der Waals surface area contributed by atoms with Crippen molar-refractivity contribution in [2.45, 2.75) is 44.7 Å². The Kier molecular flexibility index (Phi) is 8.49. The maximum absolute atomic E-state index is 11.6. The quantitative estimate of drug-likeness (QED) is 0.431. The summed E-state index contributed by atoms with van der Waals surface area (Å²) in [5.74, 6) is -2.37. The minimum atomic E-state index is -1.29. The first kappa shape index (κ1) is 19.6. The molecule has 0 aliphatic carbocycles. The molecule has 24 heavy (non-hydrogen) atoms. The summed E-state index contributed by atoms with van der Waals surface area (Å²) in [5.41, 5.74) is 6.56. The third-order valence-electron chi connectivity index (χ3n) is 3.38. The van der Waals surface area contributed by atoms with Gasteiger partial charge in [-0.25, -0.2) is 4.79 Å². The molecule has 0 fully saturated rings. The topological polar surface area (TPSA) is 119 Å². The van der Waals surface area contributed by atoms with Crippen LogP contribution in [0, 0.1) is 0 Å². The number of carbonyl (C=O) groups is 3. The number of rotatable bonds is 10. The van der Waals surface area contributed by atoms with E-state index in [1.807, 2.05) is 30.3 Å². The van der Waals surface area contributed by atoms with E-state index >= 15 is 0 Å². The Labute approximate surface area is 141 Å². The summed E-state index contributed by atoms with van der Waals surface area (Å²) in [7, 11) is 0. The molecule has 0 heterocycles. The number of amides is 1. The molecule has 0 unspecified atom stereocenters. The van der Waals surface area contributed by atoms with Crippen molar-refractivity contribution >= 4 is 17.8 Å². The Bertz CT molecular complexity index is 545. The van der Waals surface area contributed by atoms with Crippen molar-refractivity contribution in [2.24, 2.45) is 5.73 Å². The zero-order valence-corrected chi connectivity index (χ0v) is 13.7. The molecule has 7 heteroatoms. The van der Waals surface area contributed by atoms with Gasteiger partial charge in [0.15, 0.2) is 6.04 Å². The Morgan fingerprint density at radius 3 is 2.46 bits per heavy atom. The number of nitrogens with one attached hydrogen (secondary N) is 1. The summed E-state index contributed by atoms with van der Waals surface area (Å²) in [6, 6.07) is 7.80. The standard InChI is InChI=1S/C17H24N2O5/c1-12(18)16(21)19-14(17(22)23)11-24-15(20)10-6-5-9-13-7-3-2-4-8-13/h2-4,7-8,12,14H,5-6,9-11,18H2,1H3,(H,19,21)(H,22,23)/t12-,14-/m0/s1. The molecule has 0 saturated carbocycles. The van der Waals surface area contributed by atoms with Crippen molar-refractivity contribution in [3.8, 4) is 0 Å². The van der Waals surface area contributed by atoms with Gasteiger partial charge in [0.25, 0.3) is 0 Å². The highest BCUT2D eigenvalue weighted by atomic mass is 16.5. The molecule has 0 spiro atoms. The zero-order chi connectivity index (χ0) is 17.9. The lowest BCUT2D eigenvalue weighted by atomic mass is 10.1. The fraction of sp³-hybridized carbons (Fsp3) is 0.471. The molecule has 1 aromatic rings. The van der Waals surface area contributed by atoms with Crippen LogP contribution in [0.2, 0.25) is 0 Å². The van der Waals surface area contributed by atoms with E-state index in [2.05, 4.69) is 5.32 Å². The van der Waals surface area contributed by atoms with Gasteiger partial charge in [-0.3, -0.25) is 9.59 Å². The van der Waals surface area contributed by atoms with E-state index in [-0.39, 0.29) is 6.42 Å². The van der Waals surface area contributed by atoms with Crippen LogP contribution in [0.4, 0.5) is 0 Å². The van der Waals surface area contributed by atoms with Crippen LogP contribution in [0.3, 0.4) is 0 Å². The number of hydrogen-bond acceptors (Lipinski definition) is 5. The average molecular weight is 336 g/mol. The maximum Gasteiger partial charge on any atom is 0.329 e. The molecule has 7 nitrogen and oxygen atoms in total. The number of nitrogens with two attached hydrogens (primary N) is 1. The van der Waals surface area contributed by atoms with Gasteiger partial charge in [-0.2, -0.15) is 0 Å². The highest BCUT2D eigenvalue weighted by Crippen LogP contribution is 2.07. The molecule has 0 saturated heterocycles. The number of aryl methyl sites for hydroxylation is 1. The number of carboxylic acids is 1. The summed E-state index contributed by atoms with van der Waals surface area (Å²) in [6.07, 6.45) is 2.57. The van der Waals surface area contributed by atoms with Crippen LogP contribution in [0.5, 0.6) is 0 Å². The Balaban J connectivity index is 2.25. The Morgan fingerprint density at radius 2 is 1.88 bits per heavy atom. The second-order valence-corrected chi connectivity index (χ2v) is 5.56. The molecule has 0 aromatic heterocycles. The monoisotopic (exact) mass is 336 g/mol. The summed E-state index contributed by atoms with van der Waals surface area (Å²) in [6.45, 7) is 1.03. The van der Waals surface area contributed by atoms with E-state index in [0.717, 1.165) is 12.8 Å². The van der Waals surface area contributed by atoms with E-state index < -0.39 is 36.5 Å². The lowest BCUT2D eigenvalue weighted by molar-refractivity contribution is -0.150. The number of carbonyl (C=O) groups excluding carboxylic acids is 2. The van der Waals surface area contributed by atoms with Crippen molar-refractivity contribution in [1.29, 1.82) is 0 Å². The number of carboxylic acid groups (broad SMARTS) is 1. The molecule has 132 valence electrons. The van der Waals surface area contributed by atoms with E-state index in [4.69, 9.17) is 15.6 Å². The number of esters is 1. The van der Waals surface area contributed by atoms with E-state index in [1.165, 1.54) is 12.5 Å². The van der Waals surface area contributed by atoms with Gasteiger partial charge >= 0.3 is 11.9 Å². The predicted molar refractivity (Wildman–Crippen MR) is 88.2 cm³/mol. The zero-order valence-electron chi connectivity index (χ0n) is 13.7. The summed E-state index contributed by atoms with van der Waals surface area (Å²) >= 11 is 0. The van der Waals surface area contributed by atoms with E-state index in [1.54, 1.807) is 0 Å². The minimum absolute atomic E-state index is 0.209. The molecule has 1 rings (SSSR count). The third kappa shape index (κ3) is 7.73. The second-order valence-electron chi connectivity index (χ2n) is 5.56. The second kappa shape index (κ2) is 10.4. The van der Waals surface area contributed by atoms with Gasteiger partial charge in [0.1, 0.15) is 6.61 Å². The first-order valence-corrected chi connectivity index (χ1v) is 7.88. The van der Waals surface area contributed by atoms with Crippen LogP contribution < -0.4 is 11.1 Å². The third-order valence-corrected chi connectivity index (χ3v) is 3.38. The minimum Gasteiger partial charge on any atom is -0.480 e. The van der Waals surface area contributed by atoms with Crippen molar-refractivity contribution in [1.82, 2.24) is 5.32 Å². The highest BCUT2D eigenvalue weighted by molar-refractivity contribution is 5.86. The van der Waals surface area contributed by atoms with Crippen LogP contribution in [-0.2, 0) is 25.5 Å². The van der Waals surface area contributed by atoms with Crippen LogP contribution in [0.1, 0.15) is 31.7 Å². The Morgan fingerprint density at radius 1 is 1.21 bits per heavy atom. The van der Waals surface area contributed by atoms with Gasteiger partial charge in [-0.1, -0.05) is 30.3 Å². The number of unbranched alkanes of at least 4 members (excludes halogenated alkanes) is 1. The van der Waals surface area contributed by atoms with Crippen molar-refractivity contribution in [3.63, 3.8) is 0 Å². The van der Waals surface area contributed by atoms with Crippen molar-refractivity contribution in [2.75, 3.05) is 6.61 Å². The van der Waals surface area contributed by atoms with Crippen molar-refractivity contribution in [3.05, 3.63) is 35.9 Å². The van der Waals surface area contributed by atoms with Gasteiger partial charge in [0.2, 0.25) is 5.91 Å². The Hall–Kier alpha value is -2.41. The molecular formula is C17H24N2O5. The smallest absolute Gasteiger partial charge is 0.329 e. The van der Waals surface area contributed by atoms with E-state index in [0.29, 0.717) is 6.42 Å². The van der Waals surface area contributed by atoms with Crippen molar-refractivity contribution < 1.29 is 24.2 Å². The molecular weight excluding hydrogens is 312 g/mol. The van der Waals surface area contributed by atoms with Gasteiger partial charge in [0, 0.05) is 6.42 Å².